The highest BCUT2D eigenvalue weighted by molar-refractivity contribution is 5.85. The number of alkyl halides is 1. The van der Waals surface area contributed by atoms with E-state index in [1.54, 1.807) is 0 Å². The Kier molecular flexibility index (Phi) is 8.34. The highest BCUT2D eigenvalue weighted by Gasteiger charge is 2.08. The SMILES string of the molecule is CC(C)C(F)CCN.Cl. The Balaban J connectivity index is 0. The molecular formula is C6H15ClFN. The second-order valence-electron chi connectivity index (χ2n) is 2.34. The molecule has 0 aliphatic heterocycles. The fourth-order valence-corrected chi connectivity index (χ4v) is 0.493. The summed E-state index contributed by atoms with van der Waals surface area (Å²) in [6.45, 7) is 4.18. The Hall–Kier alpha value is 0.180. The number of hydrogen-bond acceptors (Lipinski definition) is 1. The predicted octanol–water partition coefficient (Wildman–Crippen LogP) is 1.75. The van der Waals surface area contributed by atoms with Crippen LogP contribution in [0.15, 0.2) is 0 Å². The van der Waals surface area contributed by atoms with Crippen LogP contribution in [0.5, 0.6) is 0 Å². The Bertz CT molecular complexity index is 59.0. The maximum atomic E-state index is 12.4. The van der Waals surface area contributed by atoms with Gasteiger partial charge in [0.2, 0.25) is 0 Å². The van der Waals surface area contributed by atoms with Crippen molar-refractivity contribution in [2.75, 3.05) is 6.54 Å². The van der Waals surface area contributed by atoms with Gasteiger partial charge >= 0.3 is 0 Å². The van der Waals surface area contributed by atoms with E-state index < -0.39 is 6.17 Å². The standard InChI is InChI=1S/C6H14FN.ClH/c1-5(2)6(7)3-4-8;/h5-6H,3-4,8H2,1-2H3;1H. The number of rotatable bonds is 3. The van der Waals surface area contributed by atoms with Crippen molar-refractivity contribution < 1.29 is 4.39 Å². The largest absolute Gasteiger partial charge is 0.330 e. The van der Waals surface area contributed by atoms with Crippen LogP contribution in [-0.2, 0) is 0 Å². The van der Waals surface area contributed by atoms with Crippen LogP contribution in [0, 0.1) is 5.92 Å². The first-order chi connectivity index (χ1) is 3.68. The zero-order valence-electron chi connectivity index (χ0n) is 5.93. The summed E-state index contributed by atoms with van der Waals surface area (Å²) in [5.74, 6) is 0.124. The molecule has 0 aromatic rings. The van der Waals surface area contributed by atoms with E-state index in [1.807, 2.05) is 13.8 Å². The first-order valence-corrected chi connectivity index (χ1v) is 3.02. The molecule has 0 rings (SSSR count). The van der Waals surface area contributed by atoms with Crippen molar-refractivity contribution >= 4 is 12.4 Å². The molecule has 58 valence electrons. The van der Waals surface area contributed by atoms with Gasteiger partial charge in [0.25, 0.3) is 0 Å². The summed E-state index contributed by atoms with van der Waals surface area (Å²) in [5, 5.41) is 0. The summed E-state index contributed by atoms with van der Waals surface area (Å²) in [6.07, 6.45) is -0.211. The minimum absolute atomic E-state index is 0. The molecule has 9 heavy (non-hydrogen) atoms. The molecule has 2 N–H and O–H groups in total. The average Bonchev–Trinajstić information content (AvgIpc) is 1.67. The number of hydrogen-bond donors (Lipinski definition) is 1. The van der Waals surface area contributed by atoms with Crippen molar-refractivity contribution in [1.82, 2.24) is 0 Å². The smallest absolute Gasteiger partial charge is 0.104 e. The molecule has 0 aromatic heterocycles. The molecule has 3 heteroatoms. The second kappa shape index (κ2) is 6.30. The van der Waals surface area contributed by atoms with Crippen molar-refractivity contribution in [2.45, 2.75) is 26.4 Å². The quantitative estimate of drug-likeness (QED) is 0.661. The van der Waals surface area contributed by atoms with Crippen LogP contribution in [-0.4, -0.2) is 12.7 Å². The van der Waals surface area contributed by atoms with E-state index in [-0.39, 0.29) is 18.3 Å². The average molecular weight is 156 g/mol. The highest BCUT2D eigenvalue weighted by Crippen LogP contribution is 2.08. The number of nitrogens with two attached hydrogens (primary N) is 1. The third-order valence-corrected chi connectivity index (χ3v) is 1.17. The lowest BCUT2D eigenvalue weighted by Crippen LogP contribution is -2.14. The van der Waals surface area contributed by atoms with Crippen LogP contribution in [0.1, 0.15) is 20.3 Å². The Morgan fingerprint density at radius 1 is 1.44 bits per heavy atom. The molecule has 0 heterocycles. The fourth-order valence-electron chi connectivity index (χ4n) is 0.493. The molecule has 0 aliphatic rings. The topological polar surface area (TPSA) is 26.0 Å². The zero-order chi connectivity index (χ0) is 6.57. The van der Waals surface area contributed by atoms with Crippen molar-refractivity contribution in [3.05, 3.63) is 0 Å². The van der Waals surface area contributed by atoms with Crippen molar-refractivity contribution in [3.63, 3.8) is 0 Å². The van der Waals surface area contributed by atoms with Gasteiger partial charge in [-0.1, -0.05) is 13.8 Å². The molecule has 0 amide bonds. The zero-order valence-corrected chi connectivity index (χ0v) is 6.75. The van der Waals surface area contributed by atoms with Gasteiger partial charge in [-0.25, -0.2) is 4.39 Å². The van der Waals surface area contributed by atoms with Gasteiger partial charge in [0.15, 0.2) is 0 Å². The number of halogens is 2. The van der Waals surface area contributed by atoms with E-state index in [0.29, 0.717) is 13.0 Å². The molecule has 0 aromatic carbocycles. The molecule has 1 unspecified atom stereocenters. The molecule has 0 aliphatic carbocycles. The summed E-state index contributed by atoms with van der Waals surface area (Å²) in [4.78, 5) is 0. The molecular weight excluding hydrogens is 141 g/mol. The lowest BCUT2D eigenvalue weighted by molar-refractivity contribution is 0.244. The van der Waals surface area contributed by atoms with Gasteiger partial charge < -0.3 is 5.73 Å². The van der Waals surface area contributed by atoms with Crippen LogP contribution in [0.4, 0.5) is 4.39 Å². The second-order valence-corrected chi connectivity index (χ2v) is 2.34. The van der Waals surface area contributed by atoms with Gasteiger partial charge in [-0.05, 0) is 18.9 Å². The van der Waals surface area contributed by atoms with Crippen LogP contribution in [0.25, 0.3) is 0 Å². The maximum absolute atomic E-state index is 12.4. The lowest BCUT2D eigenvalue weighted by Gasteiger charge is -2.08. The maximum Gasteiger partial charge on any atom is 0.104 e. The Morgan fingerprint density at radius 3 is 2.00 bits per heavy atom. The van der Waals surface area contributed by atoms with Crippen LogP contribution in [0.3, 0.4) is 0 Å². The van der Waals surface area contributed by atoms with Gasteiger partial charge in [-0.3, -0.25) is 0 Å². The van der Waals surface area contributed by atoms with Crippen LogP contribution < -0.4 is 5.73 Å². The fraction of sp³-hybridized carbons (Fsp3) is 1.00. The predicted molar refractivity (Wildman–Crippen MR) is 40.7 cm³/mol. The van der Waals surface area contributed by atoms with Gasteiger partial charge in [0.05, 0.1) is 0 Å². The van der Waals surface area contributed by atoms with E-state index >= 15 is 0 Å². The van der Waals surface area contributed by atoms with Crippen molar-refractivity contribution in [2.24, 2.45) is 11.7 Å². The molecule has 0 spiro atoms. The lowest BCUT2D eigenvalue weighted by atomic mass is 10.1. The molecule has 0 radical (unpaired) electrons. The minimum atomic E-state index is -0.708. The van der Waals surface area contributed by atoms with E-state index in [1.165, 1.54) is 0 Å². The monoisotopic (exact) mass is 155 g/mol. The van der Waals surface area contributed by atoms with Gasteiger partial charge in [-0.2, -0.15) is 0 Å². The summed E-state index contributed by atoms with van der Waals surface area (Å²) >= 11 is 0. The Labute approximate surface area is 62.2 Å². The minimum Gasteiger partial charge on any atom is -0.330 e. The van der Waals surface area contributed by atoms with Crippen molar-refractivity contribution in [1.29, 1.82) is 0 Å². The first-order valence-electron chi connectivity index (χ1n) is 3.02. The first kappa shape index (κ1) is 11.9. The molecule has 1 nitrogen and oxygen atoms in total. The molecule has 0 saturated carbocycles. The van der Waals surface area contributed by atoms with Gasteiger partial charge in [0.1, 0.15) is 6.17 Å². The third kappa shape index (κ3) is 6.06. The summed E-state index contributed by atoms with van der Waals surface area (Å²) in [7, 11) is 0. The van der Waals surface area contributed by atoms with E-state index in [9.17, 15) is 4.39 Å². The van der Waals surface area contributed by atoms with E-state index in [4.69, 9.17) is 5.73 Å². The summed E-state index contributed by atoms with van der Waals surface area (Å²) in [5.41, 5.74) is 5.13. The summed E-state index contributed by atoms with van der Waals surface area (Å²) < 4.78 is 12.4. The molecule has 0 fully saturated rings. The third-order valence-electron chi connectivity index (χ3n) is 1.17. The molecule has 0 bridgehead atoms. The van der Waals surface area contributed by atoms with Gasteiger partial charge in [-0.15, -0.1) is 12.4 Å². The normalized spacial score (nSPS) is 13.0. The van der Waals surface area contributed by atoms with Crippen molar-refractivity contribution in [3.8, 4) is 0 Å². The highest BCUT2D eigenvalue weighted by atomic mass is 35.5. The Morgan fingerprint density at radius 2 is 1.89 bits per heavy atom. The van der Waals surface area contributed by atoms with E-state index in [0.717, 1.165) is 0 Å². The van der Waals surface area contributed by atoms with Gasteiger partial charge in [0, 0.05) is 0 Å². The summed E-state index contributed by atoms with van der Waals surface area (Å²) in [6, 6.07) is 0. The molecule has 1 atom stereocenters. The van der Waals surface area contributed by atoms with Crippen LogP contribution in [0.2, 0.25) is 0 Å². The molecule has 0 saturated heterocycles. The van der Waals surface area contributed by atoms with E-state index in [2.05, 4.69) is 0 Å². The van der Waals surface area contributed by atoms with Crippen LogP contribution >= 0.6 is 12.4 Å².